The standard InChI is InChI=1S/C21H29N5O/c1-2-21(27)26-20-12-18(24-14-16-7-3-5-9-22-16)11-19(13-20)25-15-17-8-4-6-10-23-17/h3-10,18-20,24-25H,2,11-15H2,1H3,(H,26,27)/t18-,19+,20?. The van der Waals surface area contributed by atoms with Gasteiger partial charge in [0.2, 0.25) is 5.91 Å². The van der Waals surface area contributed by atoms with E-state index >= 15 is 0 Å². The average Bonchev–Trinajstić information content (AvgIpc) is 2.72. The first-order valence-electron chi connectivity index (χ1n) is 9.79. The van der Waals surface area contributed by atoms with Crippen LogP contribution < -0.4 is 16.0 Å². The van der Waals surface area contributed by atoms with Crippen LogP contribution in [0.5, 0.6) is 0 Å². The van der Waals surface area contributed by atoms with Gasteiger partial charge in [-0.1, -0.05) is 19.1 Å². The Kier molecular flexibility index (Phi) is 7.30. The second-order valence-corrected chi connectivity index (χ2v) is 7.12. The maximum absolute atomic E-state index is 11.9. The fraction of sp³-hybridized carbons (Fsp3) is 0.476. The van der Waals surface area contributed by atoms with Crippen LogP contribution in [0.15, 0.2) is 48.8 Å². The van der Waals surface area contributed by atoms with Gasteiger partial charge in [0, 0.05) is 50.0 Å². The SMILES string of the molecule is CCC(=O)NC1C[C@@H](NCc2ccccn2)C[C@@H](NCc2ccccn2)C1. The largest absolute Gasteiger partial charge is 0.353 e. The Balaban J connectivity index is 1.57. The van der Waals surface area contributed by atoms with Crippen LogP contribution in [-0.2, 0) is 17.9 Å². The fourth-order valence-corrected chi connectivity index (χ4v) is 3.60. The molecule has 1 fully saturated rings. The quantitative estimate of drug-likeness (QED) is 0.666. The van der Waals surface area contributed by atoms with Crippen LogP contribution in [0.3, 0.4) is 0 Å². The smallest absolute Gasteiger partial charge is 0.219 e. The van der Waals surface area contributed by atoms with E-state index in [-0.39, 0.29) is 11.9 Å². The molecule has 0 radical (unpaired) electrons. The summed E-state index contributed by atoms with van der Waals surface area (Å²) in [5.74, 6) is 0.119. The van der Waals surface area contributed by atoms with Crippen molar-refractivity contribution in [2.45, 2.75) is 63.8 Å². The van der Waals surface area contributed by atoms with Gasteiger partial charge in [-0.2, -0.15) is 0 Å². The van der Waals surface area contributed by atoms with Gasteiger partial charge in [-0.15, -0.1) is 0 Å². The highest BCUT2D eigenvalue weighted by Gasteiger charge is 2.29. The third-order valence-corrected chi connectivity index (χ3v) is 4.99. The molecule has 1 saturated carbocycles. The van der Waals surface area contributed by atoms with E-state index < -0.39 is 0 Å². The molecule has 2 heterocycles. The molecule has 144 valence electrons. The van der Waals surface area contributed by atoms with Gasteiger partial charge in [-0.3, -0.25) is 14.8 Å². The predicted molar refractivity (Wildman–Crippen MR) is 106 cm³/mol. The molecule has 1 aliphatic rings. The molecular formula is C21H29N5O. The highest BCUT2D eigenvalue weighted by atomic mass is 16.1. The molecule has 0 aromatic carbocycles. The minimum Gasteiger partial charge on any atom is -0.353 e. The fourth-order valence-electron chi connectivity index (χ4n) is 3.60. The molecular weight excluding hydrogens is 338 g/mol. The van der Waals surface area contributed by atoms with Gasteiger partial charge in [0.25, 0.3) is 0 Å². The van der Waals surface area contributed by atoms with E-state index in [9.17, 15) is 4.79 Å². The van der Waals surface area contributed by atoms with Crippen LogP contribution in [0.1, 0.15) is 44.0 Å². The molecule has 27 heavy (non-hydrogen) atoms. The van der Waals surface area contributed by atoms with E-state index in [0.29, 0.717) is 18.5 Å². The van der Waals surface area contributed by atoms with E-state index in [2.05, 4.69) is 25.9 Å². The lowest BCUT2D eigenvalue weighted by Crippen LogP contribution is -2.51. The lowest BCUT2D eigenvalue weighted by molar-refractivity contribution is -0.121. The molecule has 3 N–H and O–H groups in total. The van der Waals surface area contributed by atoms with Gasteiger partial charge in [-0.25, -0.2) is 0 Å². The summed E-state index contributed by atoms with van der Waals surface area (Å²) in [7, 11) is 0. The summed E-state index contributed by atoms with van der Waals surface area (Å²) >= 11 is 0. The minimum absolute atomic E-state index is 0.119. The van der Waals surface area contributed by atoms with E-state index in [4.69, 9.17) is 0 Å². The van der Waals surface area contributed by atoms with Crippen LogP contribution in [0.25, 0.3) is 0 Å². The topological polar surface area (TPSA) is 78.9 Å². The van der Waals surface area contributed by atoms with Crippen molar-refractivity contribution in [3.8, 4) is 0 Å². The first-order valence-corrected chi connectivity index (χ1v) is 9.79. The summed E-state index contributed by atoms with van der Waals surface area (Å²) in [5, 5.41) is 10.4. The molecule has 1 aliphatic carbocycles. The zero-order chi connectivity index (χ0) is 18.9. The summed E-state index contributed by atoms with van der Waals surface area (Å²) in [6.45, 7) is 3.38. The Labute approximate surface area is 161 Å². The van der Waals surface area contributed by atoms with E-state index in [0.717, 1.165) is 43.7 Å². The summed E-state index contributed by atoms with van der Waals surface area (Å²) in [5.41, 5.74) is 2.07. The first-order chi connectivity index (χ1) is 13.2. The molecule has 3 atom stereocenters. The van der Waals surface area contributed by atoms with E-state index in [1.165, 1.54) is 0 Å². The average molecular weight is 367 g/mol. The van der Waals surface area contributed by atoms with Gasteiger partial charge >= 0.3 is 0 Å². The molecule has 0 bridgehead atoms. The number of aromatic nitrogens is 2. The molecule has 0 spiro atoms. The van der Waals surface area contributed by atoms with Crippen LogP contribution in [0.4, 0.5) is 0 Å². The number of nitrogens with one attached hydrogen (secondary N) is 3. The van der Waals surface area contributed by atoms with Crippen LogP contribution >= 0.6 is 0 Å². The zero-order valence-corrected chi connectivity index (χ0v) is 15.9. The van der Waals surface area contributed by atoms with Crippen LogP contribution in [-0.4, -0.2) is 34.0 Å². The predicted octanol–water partition coefficient (Wildman–Crippen LogP) is 2.17. The third-order valence-electron chi connectivity index (χ3n) is 4.99. The zero-order valence-electron chi connectivity index (χ0n) is 15.9. The summed E-state index contributed by atoms with van der Waals surface area (Å²) < 4.78 is 0. The Bertz CT molecular complexity index is 643. The monoisotopic (exact) mass is 367 g/mol. The summed E-state index contributed by atoms with van der Waals surface area (Å²) in [6.07, 6.45) is 7.08. The van der Waals surface area contributed by atoms with E-state index in [1.807, 2.05) is 55.7 Å². The van der Waals surface area contributed by atoms with Gasteiger partial charge in [0.1, 0.15) is 0 Å². The van der Waals surface area contributed by atoms with Crippen LogP contribution in [0.2, 0.25) is 0 Å². The highest BCUT2D eigenvalue weighted by molar-refractivity contribution is 5.75. The van der Waals surface area contributed by atoms with Crippen molar-refractivity contribution in [2.24, 2.45) is 0 Å². The molecule has 6 nitrogen and oxygen atoms in total. The number of hydrogen-bond acceptors (Lipinski definition) is 5. The van der Waals surface area contributed by atoms with Gasteiger partial charge in [0.15, 0.2) is 0 Å². The summed E-state index contributed by atoms with van der Waals surface area (Å²) in [6, 6.07) is 12.8. The van der Waals surface area contributed by atoms with Crippen molar-refractivity contribution in [2.75, 3.05) is 0 Å². The molecule has 0 aliphatic heterocycles. The number of hydrogen-bond donors (Lipinski definition) is 3. The van der Waals surface area contributed by atoms with E-state index in [1.54, 1.807) is 0 Å². The Morgan fingerprint density at radius 3 is 1.85 bits per heavy atom. The van der Waals surface area contributed by atoms with Crippen molar-refractivity contribution >= 4 is 5.91 Å². The Morgan fingerprint density at radius 2 is 1.41 bits per heavy atom. The number of pyridine rings is 2. The Morgan fingerprint density at radius 1 is 0.889 bits per heavy atom. The lowest BCUT2D eigenvalue weighted by Gasteiger charge is -2.36. The minimum atomic E-state index is 0.119. The van der Waals surface area contributed by atoms with Gasteiger partial charge < -0.3 is 16.0 Å². The second kappa shape index (κ2) is 10.1. The lowest BCUT2D eigenvalue weighted by atomic mass is 9.86. The number of rotatable bonds is 8. The molecule has 3 rings (SSSR count). The number of nitrogens with zero attached hydrogens (tertiary/aromatic N) is 2. The van der Waals surface area contributed by atoms with Crippen molar-refractivity contribution in [3.05, 3.63) is 60.2 Å². The molecule has 6 heteroatoms. The van der Waals surface area contributed by atoms with Crippen molar-refractivity contribution in [1.82, 2.24) is 25.9 Å². The number of carbonyl (C=O) groups is 1. The van der Waals surface area contributed by atoms with Crippen molar-refractivity contribution in [1.29, 1.82) is 0 Å². The number of carbonyl (C=O) groups excluding carboxylic acids is 1. The first kappa shape index (κ1) is 19.5. The maximum Gasteiger partial charge on any atom is 0.219 e. The molecule has 2 aromatic heterocycles. The molecule has 1 amide bonds. The third kappa shape index (κ3) is 6.41. The van der Waals surface area contributed by atoms with Gasteiger partial charge in [0.05, 0.1) is 11.4 Å². The summed E-state index contributed by atoms with van der Waals surface area (Å²) in [4.78, 5) is 20.6. The molecule has 1 unspecified atom stereocenters. The maximum atomic E-state index is 11.9. The van der Waals surface area contributed by atoms with Crippen LogP contribution in [0, 0.1) is 0 Å². The van der Waals surface area contributed by atoms with Crippen molar-refractivity contribution < 1.29 is 4.79 Å². The van der Waals surface area contributed by atoms with Crippen molar-refractivity contribution in [3.63, 3.8) is 0 Å². The molecule has 0 saturated heterocycles. The number of amides is 1. The normalized spacial score (nSPS) is 22.3. The van der Waals surface area contributed by atoms with Gasteiger partial charge in [-0.05, 0) is 43.5 Å². The highest BCUT2D eigenvalue weighted by Crippen LogP contribution is 2.20. The molecule has 2 aromatic rings. The second-order valence-electron chi connectivity index (χ2n) is 7.12. The Hall–Kier alpha value is -2.31.